The van der Waals surface area contributed by atoms with Crippen molar-refractivity contribution < 1.29 is 0 Å². The quantitative estimate of drug-likeness (QED) is 0.172. The Hall–Kier alpha value is -4.88. The number of rotatable bonds is 6. The molecule has 4 fully saturated rings. The molecule has 1 heteroatoms. The minimum Gasteiger partial charge on any atom is -0.310 e. The smallest absolute Gasteiger partial charge is 0.0540 e. The fourth-order valence-corrected chi connectivity index (χ4v) is 11.3. The van der Waals surface area contributed by atoms with E-state index < -0.39 is 0 Å². The third-order valence-corrected chi connectivity index (χ3v) is 13.3. The van der Waals surface area contributed by atoms with Gasteiger partial charge in [-0.25, -0.2) is 0 Å². The highest BCUT2D eigenvalue weighted by molar-refractivity contribution is 5.91. The Labute approximate surface area is 304 Å². The molecule has 6 aromatic carbocycles. The summed E-state index contributed by atoms with van der Waals surface area (Å²) >= 11 is 0. The molecule has 0 atom stereocenters. The van der Waals surface area contributed by atoms with Gasteiger partial charge < -0.3 is 4.90 Å². The molecule has 0 unspecified atom stereocenters. The van der Waals surface area contributed by atoms with Crippen LogP contribution in [-0.2, 0) is 10.8 Å². The van der Waals surface area contributed by atoms with Crippen molar-refractivity contribution in [2.75, 3.05) is 4.90 Å². The zero-order chi connectivity index (χ0) is 34.3. The minimum atomic E-state index is -0.0799. The van der Waals surface area contributed by atoms with Gasteiger partial charge in [-0.2, -0.15) is 0 Å². The molecule has 0 aromatic heterocycles. The maximum Gasteiger partial charge on any atom is 0.0540 e. The van der Waals surface area contributed by atoms with Gasteiger partial charge in [0.05, 0.1) is 5.69 Å². The van der Waals surface area contributed by atoms with Crippen molar-refractivity contribution in [3.8, 4) is 33.4 Å². The van der Waals surface area contributed by atoms with E-state index in [1.54, 1.807) is 5.56 Å². The van der Waals surface area contributed by atoms with Crippen molar-refractivity contribution in [2.24, 2.45) is 17.8 Å². The van der Waals surface area contributed by atoms with Crippen LogP contribution in [0.4, 0.5) is 17.1 Å². The minimum absolute atomic E-state index is 0.0799. The molecule has 0 spiro atoms. The van der Waals surface area contributed by atoms with Crippen molar-refractivity contribution in [1.82, 2.24) is 0 Å². The van der Waals surface area contributed by atoms with Gasteiger partial charge in [-0.3, -0.25) is 0 Å². The monoisotopic (exact) mass is 661 g/mol. The largest absolute Gasteiger partial charge is 0.310 e. The average molecular weight is 662 g/mol. The molecule has 6 aromatic rings. The summed E-state index contributed by atoms with van der Waals surface area (Å²) in [6.45, 7) is 6.95. The summed E-state index contributed by atoms with van der Waals surface area (Å²) in [5.41, 5.74) is 17.3. The van der Waals surface area contributed by atoms with E-state index in [2.05, 4.69) is 165 Å². The maximum atomic E-state index is 2.49. The van der Waals surface area contributed by atoms with Crippen LogP contribution in [0.3, 0.4) is 0 Å². The maximum absolute atomic E-state index is 2.49. The van der Waals surface area contributed by atoms with Crippen LogP contribution in [0, 0.1) is 24.7 Å². The van der Waals surface area contributed by atoms with E-state index in [9.17, 15) is 0 Å². The van der Waals surface area contributed by atoms with Crippen LogP contribution < -0.4 is 4.90 Å². The lowest BCUT2D eigenvalue weighted by Crippen LogP contribution is -2.48. The molecular weight excluding hydrogens is 615 g/mol. The Bertz CT molecular complexity index is 2240. The Morgan fingerprint density at radius 2 is 1.14 bits per heavy atom. The molecule has 51 heavy (non-hydrogen) atoms. The summed E-state index contributed by atoms with van der Waals surface area (Å²) < 4.78 is 0. The standard InChI is InChI=1S/C50H47N/c1-33-16-23-48(45(24-33)38-10-5-4-6-11-38)51(42-21-22-44-43-14-7-8-15-46(43)49(2,3)47(44)29-42)41-13-9-12-39(28-41)37-17-19-40(20-18-37)50-30-34-25-35(31-50)27-36(26-34)32-50/h4-24,28-29,34-36H,25-27,30-32H2,1-3H3. The predicted octanol–water partition coefficient (Wildman–Crippen LogP) is 13.6. The van der Waals surface area contributed by atoms with Gasteiger partial charge in [-0.15, -0.1) is 0 Å². The first kappa shape index (κ1) is 30.9. The van der Waals surface area contributed by atoms with E-state index in [4.69, 9.17) is 0 Å². The van der Waals surface area contributed by atoms with Gasteiger partial charge in [-0.05, 0) is 150 Å². The molecule has 1 nitrogen and oxygen atoms in total. The van der Waals surface area contributed by atoms with Crippen molar-refractivity contribution in [2.45, 2.75) is 70.1 Å². The van der Waals surface area contributed by atoms with E-state index in [1.807, 2.05) is 0 Å². The van der Waals surface area contributed by atoms with Gasteiger partial charge in [-0.1, -0.05) is 123 Å². The Morgan fingerprint density at radius 3 is 1.88 bits per heavy atom. The molecule has 11 rings (SSSR count). The summed E-state index contributed by atoms with van der Waals surface area (Å²) in [6, 6.07) is 52.9. The summed E-state index contributed by atoms with van der Waals surface area (Å²) in [5, 5.41) is 0. The van der Waals surface area contributed by atoms with E-state index in [1.165, 1.54) is 106 Å². The summed E-state index contributed by atoms with van der Waals surface area (Å²) in [5.74, 6) is 2.88. The summed E-state index contributed by atoms with van der Waals surface area (Å²) in [7, 11) is 0. The number of fused-ring (bicyclic) bond motifs is 3. The molecule has 252 valence electrons. The third-order valence-electron chi connectivity index (χ3n) is 13.3. The first-order valence-corrected chi connectivity index (χ1v) is 19.3. The number of benzene rings is 6. The van der Waals surface area contributed by atoms with Gasteiger partial charge >= 0.3 is 0 Å². The second-order valence-electron chi connectivity index (χ2n) is 16.9. The second kappa shape index (κ2) is 11.6. The van der Waals surface area contributed by atoms with Crippen molar-refractivity contribution in [1.29, 1.82) is 0 Å². The van der Waals surface area contributed by atoms with E-state index in [-0.39, 0.29) is 5.41 Å². The van der Waals surface area contributed by atoms with Crippen molar-refractivity contribution in [3.63, 3.8) is 0 Å². The van der Waals surface area contributed by atoms with E-state index in [0.717, 1.165) is 17.8 Å². The lowest BCUT2D eigenvalue weighted by molar-refractivity contribution is -0.00518. The van der Waals surface area contributed by atoms with Crippen LogP contribution in [0.2, 0.25) is 0 Å². The summed E-state index contributed by atoms with van der Waals surface area (Å²) in [4.78, 5) is 2.49. The zero-order valence-corrected chi connectivity index (χ0v) is 30.2. The highest BCUT2D eigenvalue weighted by Crippen LogP contribution is 2.61. The van der Waals surface area contributed by atoms with E-state index >= 15 is 0 Å². The van der Waals surface area contributed by atoms with Crippen LogP contribution >= 0.6 is 0 Å². The topological polar surface area (TPSA) is 3.24 Å². The van der Waals surface area contributed by atoms with Gasteiger partial charge in [0.15, 0.2) is 0 Å². The molecule has 4 saturated carbocycles. The lowest BCUT2D eigenvalue weighted by Gasteiger charge is -2.57. The zero-order valence-electron chi connectivity index (χ0n) is 30.2. The molecule has 5 aliphatic carbocycles. The molecular formula is C50H47N. The first-order chi connectivity index (χ1) is 24.8. The highest BCUT2D eigenvalue weighted by Gasteiger charge is 2.51. The molecule has 0 amide bonds. The average Bonchev–Trinajstić information content (AvgIpc) is 3.38. The third kappa shape index (κ3) is 5.03. The van der Waals surface area contributed by atoms with Gasteiger partial charge in [0, 0.05) is 22.4 Å². The second-order valence-corrected chi connectivity index (χ2v) is 16.9. The Balaban J connectivity index is 1.09. The molecule has 0 radical (unpaired) electrons. The van der Waals surface area contributed by atoms with Gasteiger partial charge in [0.25, 0.3) is 0 Å². The fraction of sp³-hybridized carbons (Fsp3) is 0.280. The normalized spacial score (nSPS) is 23.5. The molecule has 0 saturated heterocycles. The highest BCUT2D eigenvalue weighted by atomic mass is 15.1. The SMILES string of the molecule is Cc1ccc(N(c2cccc(-c3ccc(C45CC6CC(CC(C6)C4)C5)cc3)c2)c2ccc3c(c2)C(C)(C)c2ccccc2-3)c(-c2ccccc2)c1. The van der Waals surface area contributed by atoms with Crippen molar-refractivity contribution >= 4 is 17.1 Å². The summed E-state index contributed by atoms with van der Waals surface area (Å²) in [6.07, 6.45) is 8.69. The number of hydrogen-bond acceptors (Lipinski definition) is 1. The molecule has 4 bridgehead atoms. The van der Waals surface area contributed by atoms with Gasteiger partial charge in [0.2, 0.25) is 0 Å². The lowest BCUT2D eigenvalue weighted by atomic mass is 9.48. The van der Waals surface area contributed by atoms with Crippen molar-refractivity contribution in [3.05, 3.63) is 162 Å². The molecule has 5 aliphatic rings. The number of nitrogens with zero attached hydrogens (tertiary/aromatic N) is 1. The molecule has 0 N–H and O–H groups in total. The van der Waals surface area contributed by atoms with Crippen LogP contribution in [0.15, 0.2) is 140 Å². The van der Waals surface area contributed by atoms with Gasteiger partial charge in [0.1, 0.15) is 0 Å². The molecule has 0 aliphatic heterocycles. The fourth-order valence-electron chi connectivity index (χ4n) is 11.3. The molecule has 0 heterocycles. The number of anilines is 3. The van der Waals surface area contributed by atoms with Crippen LogP contribution in [0.5, 0.6) is 0 Å². The van der Waals surface area contributed by atoms with Crippen LogP contribution in [-0.4, -0.2) is 0 Å². The Kier molecular flexibility index (Phi) is 7.01. The predicted molar refractivity (Wildman–Crippen MR) is 214 cm³/mol. The number of aryl methyl sites for hydroxylation is 1. The van der Waals surface area contributed by atoms with Crippen LogP contribution in [0.1, 0.15) is 74.6 Å². The number of hydrogen-bond donors (Lipinski definition) is 0. The van der Waals surface area contributed by atoms with Crippen LogP contribution in [0.25, 0.3) is 33.4 Å². The van der Waals surface area contributed by atoms with E-state index in [0.29, 0.717) is 5.41 Å². The first-order valence-electron chi connectivity index (χ1n) is 19.3. The Morgan fingerprint density at radius 1 is 0.490 bits per heavy atom.